The molecule has 0 radical (unpaired) electrons. The molecule has 0 bridgehead atoms. The number of benzene rings is 1. The zero-order valence-corrected chi connectivity index (χ0v) is 18.6. The molecule has 1 atom stereocenters. The summed E-state index contributed by atoms with van der Waals surface area (Å²) in [5.41, 5.74) is 0.912. The minimum absolute atomic E-state index is 0.161. The molecule has 2 aliphatic carbocycles. The molecular weight excluding hydrogens is 388 g/mol. The number of para-hydroxylation sites is 1. The number of carbonyl (C=O) groups is 2. The summed E-state index contributed by atoms with van der Waals surface area (Å²) >= 11 is 0. The van der Waals surface area contributed by atoms with Crippen molar-refractivity contribution in [1.29, 1.82) is 0 Å². The number of piperidine rings is 1. The number of ether oxygens (including phenoxy) is 1. The SMILES string of the molecule is O=C(CC1CC2(CCN(C(=O)C3CCCCC3)CC2)Oc2ccccc21)NCC1CC1. The summed E-state index contributed by atoms with van der Waals surface area (Å²) in [5.74, 6) is 2.57. The molecule has 1 spiro atoms. The van der Waals surface area contributed by atoms with Gasteiger partial charge in [0.15, 0.2) is 0 Å². The van der Waals surface area contributed by atoms with Crippen LogP contribution in [0.5, 0.6) is 5.75 Å². The Morgan fingerprint density at radius 2 is 1.77 bits per heavy atom. The van der Waals surface area contributed by atoms with Gasteiger partial charge in [-0.25, -0.2) is 0 Å². The average Bonchev–Trinajstić information content (AvgIpc) is 3.63. The van der Waals surface area contributed by atoms with Crippen molar-refractivity contribution >= 4 is 11.8 Å². The van der Waals surface area contributed by atoms with Crippen LogP contribution in [-0.4, -0.2) is 41.9 Å². The van der Waals surface area contributed by atoms with Crippen molar-refractivity contribution in [3.8, 4) is 5.75 Å². The lowest BCUT2D eigenvalue weighted by Gasteiger charge is -2.47. The summed E-state index contributed by atoms with van der Waals surface area (Å²) in [7, 11) is 0. The smallest absolute Gasteiger partial charge is 0.225 e. The molecule has 1 saturated heterocycles. The molecule has 2 aliphatic heterocycles. The van der Waals surface area contributed by atoms with Crippen molar-refractivity contribution in [1.82, 2.24) is 10.2 Å². The Balaban J connectivity index is 1.24. The van der Waals surface area contributed by atoms with Gasteiger partial charge < -0.3 is 15.0 Å². The topological polar surface area (TPSA) is 58.6 Å². The number of likely N-dealkylation sites (tertiary alicyclic amines) is 1. The summed E-state index contributed by atoms with van der Waals surface area (Å²) in [4.78, 5) is 27.7. The summed E-state index contributed by atoms with van der Waals surface area (Å²) in [5, 5.41) is 3.14. The van der Waals surface area contributed by atoms with Crippen molar-refractivity contribution in [3.63, 3.8) is 0 Å². The Morgan fingerprint density at radius 3 is 2.52 bits per heavy atom. The third-order valence-electron chi connectivity index (χ3n) is 7.96. The van der Waals surface area contributed by atoms with Crippen molar-refractivity contribution in [2.45, 2.75) is 82.1 Å². The van der Waals surface area contributed by atoms with E-state index in [1.807, 2.05) is 18.2 Å². The fourth-order valence-corrected chi connectivity index (χ4v) is 5.85. The lowest BCUT2D eigenvalue weighted by atomic mass is 9.76. The molecule has 1 aromatic rings. The number of amides is 2. The Kier molecular flexibility index (Phi) is 5.94. The Labute approximate surface area is 185 Å². The van der Waals surface area contributed by atoms with Gasteiger partial charge >= 0.3 is 0 Å². The van der Waals surface area contributed by atoms with Crippen molar-refractivity contribution < 1.29 is 14.3 Å². The van der Waals surface area contributed by atoms with Crippen LogP contribution in [0.1, 0.15) is 82.1 Å². The Bertz CT molecular complexity index is 805. The van der Waals surface area contributed by atoms with Gasteiger partial charge in [0.05, 0.1) is 0 Å². The van der Waals surface area contributed by atoms with E-state index in [1.165, 1.54) is 32.1 Å². The Hall–Kier alpha value is -2.04. The first-order valence-electron chi connectivity index (χ1n) is 12.5. The van der Waals surface area contributed by atoms with Gasteiger partial charge in [-0.15, -0.1) is 0 Å². The quantitative estimate of drug-likeness (QED) is 0.762. The zero-order valence-electron chi connectivity index (χ0n) is 18.6. The number of rotatable bonds is 5. The van der Waals surface area contributed by atoms with Gasteiger partial charge in [0.1, 0.15) is 11.4 Å². The maximum Gasteiger partial charge on any atom is 0.225 e. The van der Waals surface area contributed by atoms with Crippen molar-refractivity contribution in [3.05, 3.63) is 29.8 Å². The van der Waals surface area contributed by atoms with E-state index in [2.05, 4.69) is 16.3 Å². The molecule has 0 aromatic heterocycles. The molecule has 1 unspecified atom stereocenters. The number of carbonyl (C=O) groups excluding carboxylic acids is 2. The van der Waals surface area contributed by atoms with E-state index in [1.54, 1.807) is 0 Å². The highest BCUT2D eigenvalue weighted by Gasteiger charge is 2.44. The van der Waals surface area contributed by atoms with Crippen LogP contribution in [0.4, 0.5) is 0 Å². The largest absolute Gasteiger partial charge is 0.487 e. The fraction of sp³-hybridized carbons (Fsp3) is 0.692. The fourth-order valence-electron chi connectivity index (χ4n) is 5.85. The third kappa shape index (κ3) is 4.75. The van der Waals surface area contributed by atoms with Crippen LogP contribution in [0.2, 0.25) is 0 Å². The van der Waals surface area contributed by atoms with E-state index in [4.69, 9.17) is 4.74 Å². The van der Waals surface area contributed by atoms with E-state index >= 15 is 0 Å². The molecule has 3 fully saturated rings. The highest BCUT2D eigenvalue weighted by molar-refractivity contribution is 5.79. The first-order valence-corrected chi connectivity index (χ1v) is 12.5. The molecular formula is C26H36N2O3. The second kappa shape index (κ2) is 8.84. The summed E-state index contributed by atoms with van der Waals surface area (Å²) in [6.07, 6.45) is 11.4. The molecule has 1 aromatic carbocycles. The molecule has 5 rings (SSSR count). The van der Waals surface area contributed by atoms with Gasteiger partial charge in [0.2, 0.25) is 11.8 Å². The second-order valence-electron chi connectivity index (χ2n) is 10.3. The van der Waals surface area contributed by atoms with Gasteiger partial charge in [-0.3, -0.25) is 9.59 Å². The normalized spacial score (nSPS) is 25.5. The molecule has 5 nitrogen and oxygen atoms in total. The van der Waals surface area contributed by atoms with E-state index in [9.17, 15) is 9.59 Å². The minimum atomic E-state index is -0.251. The number of fused-ring (bicyclic) bond motifs is 1. The van der Waals surface area contributed by atoms with E-state index in [0.29, 0.717) is 18.2 Å². The summed E-state index contributed by atoms with van der Waals surface area (Å²) < 4.78 is 6.58. The molecule has 2 saturated carbocycles. The van der Waals surface area contributed by atoms with Gasteiger partial charge in [0.25, 0.3) is 0 Å². The van der Waals surface area contributed by atoms with Gasteiger partial charge in [0, 0.05) is 50.7 Å². The van der Waals surface area contributed by atoms with E-state index in [-0.39, 0.29) is 23.3 Å². The molecule has 1 N–H and O–H groups in total. The number of hydrogen-bond acceptors (Lipinski definition) is 3. The molecule has 5 heteroatoms. The predicted octanol–water partition coefficient (Wildman–Crippen LogP) is 4.41. The third-order valence-corrected chi connectivity index (χ3v) is 7.96. The summed E-state index contributed by atoms with van der Waals surface area (Å²) in [6, 6.07) is 8.22. The number of hydrogen-bond donors (Lipinski definition) is 1. The first kappa shape index (κ1) is 20.8. The number of nitrogens with zero attached hydrogens (tertiary/aromatic N) is 1. The highest BCUT2D eigenvalue weighted by Crippen LogP contribution is 2.46. The van der Waals surface area contributed by atoms with Crippen LogP contribution in [0.25, 0.3) is 0 Å². The predicted molar refractivity (Wildman–Crippen MR) is 120 cm³/mol. The number of nitrogens with one attached hydrogen (secondary N) is 1. The average molecular weight is 425 g/mol. The van der Waals surface area contributed by atoms with Crippen LogP contribution in [-0.2, 0) is 9.59 Å². The standard InChI is InChI=1S/C26H36N2O3/c29-24(27-18-19-10-11-19)16-21-17-26(31-23-9-5-4-8-22(21)23)12-14-28(15-13-26)25(30)20-6-2-1-3-7-20/h4-5,8-9,19-21H,1-3,6-7,10-18H2,(H,27,29). The maximum absolute atomic E-state index is 13.0. The molecule has 31 heavy (non-hydrogen) atoms. The van der Waals surface area contributed by atoms with E-state index < -0.39 is 0 Å². The molecule has 168 valence electrons. The highest BCUT2D eigenvalue weighted by atomic mass is 16.5. The van der Waals surface area contributed by atoms with Crippen LogP contribution in [0, 0.1) is 11.8 Å². The Morgan fingerprint density at radius 1 is 1.03 bits per heavy atom. The monoisotopic (exact) mass is 424 g/mol. The summed E-state index contributed by atoms with van der Waals surface area (Å²) in [6.45, 7) is 2.38. The van der Waals surface area contributed by atoms with Gasteiger partial charge in [-0.05, 0) is 49.7 Å². The van der Waals surface area contributed by atoms with Gasteiger partial charge in [-0.1, -0.05) is 37.5 Å². The first-order chi connectivity index (χ1) is 15.1. The van der Waals surface area contributed by atoms with Crippen LogP contribution >= 0.6 is 0 Å². The molecule has 2 amide bonds. The molecule has 2 heterocycles. The van der Waals surface area contributed by atoms with E-state index in [0.717, 1.165) is 63.1 Å². The van der Waals surface area contributed by atoms with Crippen LogP contribution in [0.15, 0.2) is 24.3 Å². The van der Waals surface area contributed by atoms with Crippen LogP contribution < -0.4 is 10.1 Å². The van der Waals surface area contributed by atoms with Crippen LogP contribution in [0.3, 0.4) is 0 Å². The second-order valence-corrected chi connectivity index (χ2v) is 10.3. The van der Waals surface area contributed by atoms with Crippen molar-refractivity contribution in [2.24, 2.45) is 11.8 Å². The van der Waals surface area contributed by atoms with Gasteiger partial charge in [-0.2, -0.15) is 0 Å². The molecule has 4 aliphatic rings. The minimum Gasteiger partial charge on any atom is -0.487 e. The lowest BCUT2D eigenvalue weighted by Crippen LogP contribution is -2.53. The van der Waals surface area contributed by atoms with Crippen molar-refractivity contribution in [2.75, 3.05) is 19.6 Å². The zero-order chi connectivity index (χ0) is 21.3. The maximum atomic E-state index is 13.0. The lowest BCUT2D eigenvalue weighted by molar-refractivity contribution is -0.140.